The van der Waals surface area contributed by atoms with E-state index in [1.54, 1.807) is 0 Å². The molecule has 1 saturated heterocycles. The van der Waals surface area contributed by atoms with Crippen molar-refractivity contribution in [2.45, 2.75) is 39.2 Å². The Hall–Kier alpha value is -1.59. The summed E-state index contributed by atoms with van der Waals surface area (Å²) in [6.45, 7) is 9.86. The Labute approximate surface area is 145 Å². The standard InChI is InChI=1S/C19H31N5/c1-2-3-4-7-13-24-18-9-6-5-8-17(18)22-19(24)21-12-16-23-14-10-20-11-15-23/h5-6,8-9,20H,2-4,7,10-16H2,1H3,(H,21,22). The molecule has 0 bridgehead atoms. The van der Waals surface area contributed by atoms with Crippen LogP contribution in [0.4, 0.5) is 5.95 Å². The SMILES string of the molecule is CCCCCCn1c(NCCN2CCNCC2)nc2ccccc21. The van der Waals surface area contributed by atoms with Crippen LogP contribution in [0.15, 0.2) is 24.3 Å². The van der Waals surface area contributed by atoms with E-state index in [4.69, 9.17) is 4.98 Å². The van der Waals surface area contributed by atoms with Crippen molar-refractivity contribution in [3.8, 4) is 0 Å². The van der Waals surface area contributed by atoms with Gasteiger partial charge in [-0.25, -0.2) is 4.98 Å². The van der Waals surface area contributed by atoms with Crippen LogP contribution in [0.25, 0.3) is 11.0 Å². The first-order valence-electron chi connectivity index (χ1n) is 9.50. The molecule has 0 aliphatic carbocycles. The highest BCUT2D eigenvalue weighted by Crippen LogP contribution is 2.20. The molecule has 1 aromatic carbocycles. The molecule has 2 N–H and O–H groups in total. The van der Waals surface area contributed by atoms with Crippen LogP contribution in [0.2, 0.25) is 0 Å². The first-order valence-corrected chi connectivity index (χ1v) is 9.50. The van der Waals surface area contributed by atoms with Crippen molar-refractivity contribution in [3.63, 3.8) is 0 Å². The number of hydrogen-bond donors (Lipinski definition) is 2. The average Bonchev–Trinajstić information content (AvgIpc) is 2.97. The molecule has 0 spiro atoms. The maximum absolute atomic E-state index is 4.82. The van der Waals surface area contributed by atoms with E-state index < -0.39 is 0 Å². The summed E-state index contributed by atoms with van der Waals surface area (Å²) in [7, 11) is 0. The molecule has 0 unspecified atom stereocenters. The summed E-state index contributed by atoms with van der Waals surface area (Å²) >= 11 is 0. The van der Waals surface area contributed by atoms with Gasteiger partial charge in [-0.05, 0) is 18.6 Å². The third-order valence-corrected chi connectivity index (χ3v) is 4.81. The first-order chi connectivity index (χ1) is 11.9. The lowest BCUT2D eigenvalue weighted by molar-refractivity contribution is 0.249. The molecule has 1 aromatic heterocycles. The molecule has 1 aliphatic rings. The van der Waals surface area contributed by atoms with Crippen LogP contribution < -0.4 is 10.6 Å². The molecule has 2 aromatic rings. The number of nitrogens with one attached hydrogen (secondary N) is 2. The Bertz CT molecular complexity index is 615. The summed E-state index contributed by atoms with van der Waals surface area (Å²) in [6.07, 6.45) is 5.11. The lowest BCUT2D eigenvalue weighted by Crippen LogP contribution is -2.45. The van der Waals surface area contributed by atoms with E-state index >= 15 is 0 Å². The predicted octanol–water partition coefficient (Wildman–Crippen LogP) is 2.93. The number of piperazine rings is 1. The molecular formula is C19H31N5. The van der Waals surface area contributed by atoms with Crippen molar-refractivity contribution < 1.29 is 0 Å². The highest BCUT2D eigenvalue weighted by Gasteiger charge is 2.12. The van der Waals surface area contributed by atoms with Gasteiger partial charge in [-0.2, -0.15) is 0 Å². The summed E-state index contributed by atoms with van der Waals surface area (Å²) in [6, 6.07) is 8.47. The van der Waals surface area contributed by atoms with Crippen molar-refractivity contribution in [1.29, 1.82) is 0 Å². The predicted molar refractivity (Wildman–Crippen MR) is 102 cm³/mol. The van der Waals surface area contributed by atoms with E-state index in [1.807, 2.05) is 0 Å². The van der Waals surface area contributed by atoms with E-state index in [2.05, 4.69) is 51.3 Å². The third kappa shape index (κ3) is 4.48. The molecule has 132 valence electrons. The number of fused-ring (bicyclic) bond motifs is 1. The largest absolute Gasteiger partial charge is 0.354 e. The second kappa shape index (κ2) is 9.04. The highest BCUT2D eigenvalue weighted by molar-refractivity contribution is 5.78. The molecule has 3 rings (SSSR count). The Kier molecular flexibility index (Phi) is 6.49. The van der Waals surface area contributed by atoms with Crippen molar-refractivity contribution in [2.24, 2.45) is 0 Å². The Morgan fingerprint density at radius 2 is 1.92 bits per heavy atom. The molecule has 0 atom stereocenters. The van der Waals surface area contributed by atoms with Crippen molar-refractivity contribution >= 4 is 17.0 Å². The normalized spacial score (nSPS) is 15.9. The molecule has 0 saturated carbocycles. The topological polar surface area (TPSA) is 45.1 Å². The average molecular weight is 329 g/mol. The van der Waals surface area contributed by atoms with Crippen molar-refractivity contribution in [3.05, 3.63) is 24.3 Å². The fourth-order valence-corrected chi connectivity index (χ4v) is 3.39. The number of imidazole rings is 1. The minimum absolute atomic E-state index is 0.957. The number of para-hydroxylation sites is 2. The quantitative estimate of drug-likeness (QED) is 0.694. The molecule has 1 aliphatic heterocycles. The number of anilines is 1. The molecule has 2 heterocycles. The highest BCUT2D eigenvalue weighted by atomic mass is 15.2. The molecule has 5 nitrogen and oxygen atoms in total. The minimum atomic E-state index is 0.957. The van der Waals surface area contributed by atoms with Gasteiger partial charge in [0.15, 0.2) is 0 Å². The summed E-state index contributed by atoms with van der Waals surface area (Å²) in [5.74, 6) is 1.03. The second-order valence-corrected chi connectivity index (χ2v) is 6.65. The molecule has 1 fully saturated rings. The number of rotatable bonds is 9. The minimum Gasteiger partial charge on any atom is -0.354 e. The monoisotopic (exact) mass is 329 g/mol. The Morgan fingerprint density at radius 3 is 2.75 bits per heavy atom. The van der Waals surface area contributed by atoms with E-state index in [1.165, 1.54) is 31.2 Å². The van der Waals surface area contributed by atoms with Gasteiger partial charge in [-0.15, -0.1) is 0 Å². The van der Waals surface area contributed by atoms with Crippen LogP contribution in [-0.4, -0.2) is 53.7 Å². The van der Waals surface area contributed by atoms with Crippen molar-refractivity contribution in [2.75, 3.05) is 44.6 Å². The van der Waals surface area contributed by atoms with Gasteiger partial charge in [0.25, 0.3) is 0 Å². The van der Waals surface area contributed by atoms with E-state index in [9.17, 15) is 0 Å². The lowest BCUT2D eigenvalue weighted by Gasteiger charge is -2.27. The maximum Gasteiger partial charge on any atom is 0.203 e. The fraction of sp³-hybridized carbons (Fsp3) is 0.632. The number of unbranched alkanes of at least 4 members (excludes halogenated alkanes) is 3. The maximum atomic E-state index is 4.82. The van der Waals surface area contributed by atoms with Gasteiger partial charge in [0.1, 0.15) is 0 Å². The molecule has 0 radical (unpaired) electrons. The van der Waals surface area contributed by atoms with Gasteiger partial charge >= 0.3 is 0 Å². The summed E-state index contributed by atoms with van der Waals surface area (Å²) in [5.41, 5.74) is 2.34. The zero-order valence-corrected chi connectivity index (χ0v) is 14.9. The number of benzene rings is 1. The van der Waals surface area contributed by atoms with Gasteiger partial charge in [0.05, 0.1) is 11.0 Å². The Morgan fingerprint density at radius 1 is 1.08 bits per heavy atom. The third-order valence-electron chi connectivity index (χ3n) is 4.81. The first kappa shape index (κ1) is 17.2. The van der Waals surface area contributed by atoms with E-state index in [-0.39, 0.29) is 0 Å². The zero-order valence-electron chi connectivity index (χ0n) is 14.9. The van der Waals surface area contributed by atoms with Crippen LogP contribution in [0.1, 0.15) is 32.6 Å². The van der Waals surface area contributed by atoms with Gasteiger partial charge in [-0.3, -0.25) is 4.90 Å². The second-order valence-electron chi connectivity index (χ2n) is 6.65. The van der Waals surface area contributed by atoms with Crippen LogP contribution in [-0.2, 0) is 6.54 Å². The van der Waals surface area contributed by atoms with E-state index in [0.29, 0.717) is 0 Å². The van der Waals surface area contributed by atoms with Gasteiger partial charge < -0.3 is 15.2 Å². The van der Waals surface area contributed by atoms with Crippen molar-refractivity contribution in [1.82, 2.24) is 19.8 Å². The molecule has 5 heteroatoms. The Balaban J connectivity index is 1.61. The van der Waals surface area contributed by atoms with Crippen LogP contribution in [0.5, 0.6) is 0 Å². The smallest absolute Gasteiger partial charge is 0.203 e. The molecular weight excluding hydrogens is 298 g/mol. The van der Waals surface area contributed by atoms with Gasteiger partial charge in [0, 0.05) is 45.8 Å². The summed E-state index contributed by atoms with van der Waals surface area (Å²) < 4.78 is 2.36. The van der Waals surface area contributed by atoms with Gasteiger partial charge in [0.2, 0.25) is 5.95 Å². The number of nitrogens with zero attached hydrogens (tertiary/aromatic N) is 3. The summed E-state index contributed by atoms with van der Waals surface area (Å²) in [5, 5.41) is 6.99. The number of hydrogen-bond acceptors (Lipinski definition) is 4. The van der Waals surface area contributed by atoms with Crippen LogP contribution in [0.3, 0.4) is 0 Å². The lowest BCUT2D eigenvalue weighted by atomic mass is 10.2. The fourth-order valence-electron chi connectivity index (χ4n) is 3.39. The number of aromatic nitrogens is 2. The van der Waals surface area contributed by atoms with E-state index in [0.717, 1.165) is 57.3 Å². The number of aryl methyl sites for hydroxylation is 1. The van der Waals surface area contributed by atoms with Gasteiger partial charge in [-0.1, -0.05) is 38.3 Å². The molecule has 24 heavy (non-hydrogen) atoms. The van der Waals surface area contributed by atoms with Crippen LogP contribution in [0, 0.1) is 0 Å². The molecule has 0 amide bonds. The van der Waals surface area contributed by atoms with Crippen LogP contribution >= 0.6 is 0 Å². The summed E-state index contributed by atoms with van der Waals surface area (Å²) in [4.78, 5) is 7.33. The zero-order chi connectivity index (χ0) is 16.6.